The SMILES string of the molecule is COc1ccc([N+](=O)[O-])cc1C=NNc1nc(Nc2ccccc2)nc(N2CCCCC2)n1. The number of anilines is 4. The van der Waals surface area contributed by atoms with E-state index in [0.29, 0.717) is 23.2 Å². The van der Waals surface area contributed by atoms with Gasteiger partial charge in [0.05, 0.1) is 18.2 Å². The van der Waals surface area contributed by atoms with Crippen molar-refractivity contribution >= 4 is 35.4 Å². The van der Waals surface area contributed by atoms with E-state index in [1.165, 1.54) is 37.9 Å². The molecule has 2 heterocycles. The van der Waals surface area contributed by atoms with Gasteiger partial charge in [0.25, 0.3) is 5.69 Å². The van der Waals surface area contributed by atoms with Gasteiger partial charge in [-0.25, -0.2) is 5.43 Å². The van der Waals surface area contributed by atoms with Crippen LogP contribution in [0.1, 0.15) is 24.8 Å². The average Bonchev–Trinajstić information content (AvgIpc) is 2.85. The Labute approximate surface area is 190 Å². The van der Waals surface area contributed by atoms with Crippen LogP contribution in [0.5, 0.6) is 5.75 Å². The number of hydrogen-bond acceptors (Lipinski definition) is 10. The molecule has 0 unspecified atom stereocenters. The summed E-state index contributed by atoms with van der Waals surface area (Å²) < 4.78 is 5.27. The molecule has 3 aromatic rings. The van der Waals surface area contributed by atoms with Crippen molar-refractivity contribution in [1.82, 2.24) is 15.0 Å². The van der Waals surface area contributed by atoms with E-state index in [1.54, 1.807) is 0 Å². The first kappa shape index (κ1) is 21.9. The topological polar surface area (TPSA) is 131 Å². The van der Waals surface area contributed by atoms with Crippen LogP contribution in [0.15, 0.2) is 53.6 Å². The fourth-order valence-corrected chi connectivity index (χ4v) is 3.45. The molecule has 0 spiro atoms. The van der Waals surface area contributed by atoms with Crippen molar-refractivity contribution in [2.24, 2.45) is 5.10 Å². The highest BCUT2D eigenvalue weighted by Crippen LogP contribution is 2.23. The predicted octanol–water partition coefficient (Wildman–Crippen LogP) is 3.97. The van der Waals surface area contributed by atoms with E-state index >= 15 is 0 Å². The zero-order valence-electron chi connectivity index (χ0n) is 18.1. The highest BCUT2D eigenvalue weighted by atomic mass is 16.6. The largest absolute Gasteiger partial charge is 0.496 e. The van der Waals surface area contributed by atoms with Crippen LogP contribution in [-0.2, 0) is 0 Å². The Morgan fingerprint density at radius 3 is 2.55 bits per heavy atom. The quantitative estimate of drug-likeness (QED) is 0.298. The minimum absolute atomic E-state index is 0.0563. The van der Waals surface area contributed by atoms with E-state index in [9.17, 15) is 10.1 Å². The highest BCUT2D eigenvalue weighted by Gasteiger charge is 2.16. The van der Waals surface area contributed by atoms with Crippen molar-refractivity contribution in [1.29, 1.82) is 0 Å². The zero-order chi connectivity index (χ0) is 23.0. The maximum atomic E-state index is 11.1. The number of nitrogens with zero attached hydrogens (tertiary/aromatic N) is 6. The molecule has 2 N–H and O–H groups in total. The molecule has 1 saturated heterocycles. The first-order valence-corrected chi connectivity index (χ1v) is 10.6. The van der Waals surface area contributed by atoms with Crippen LogP contribution in [0.4, 0.5) is 29.2 Å². The number of para-hydroxylation sites is 1. The first-order chi connectivity index (χ1) is 16.1. The summed E-state index contributed by atoms with van der Waals surface area (Å²) in [4.78, 5) is 26.3. The maximum absolute atomic E-state index is 11.1. The van der Waals surface area contributed by atoms with Gasteiger partial charge in [-0.2, -0.15) is 20.1 Å². The summed E-state index contributed by atoms with van der Waals surface area (Å²) in [6.07, 6.45) is 4.79. The molecule has 0 saturated carbocycles. The Kier molecular flexibility index (Phi) is 6.88. The monoisotopic (exact) mass is 448 g/mol. The number of methoxy groups -OCH3 is 1. The summed E-state index contributed by atoms with van der Waals surface area (Å²) >= 11 is 0. The van der Waals surface area contributed by atoms with Gasteiger partial charge in [-0.05, 0) is 37.5 Å². The molecule has 0 amide bonds. The third-order valence-corrected chi connectivity index (χ3v) is 5.08. The molecule has 1 aliphatic heterocycles. The Morgan fingerprint density at radius 1 is 1.06 bits per heavy atom. The molecule has 11 nitrogen and oxygen atoms in total. The van der Waals surface area contributed by atoms with Crippen LogP contribution < -0.4 is 20.4 Å². The van der Waals surface area contributed by atoms with Crippen molar-refractivity contribution in [2.45, 2.75) is 19.3 Å². The van der Waals surface area contributed by atoms with Gasteiger partial charge in [0, 0.05) is 36.5 Å². The summed E-state index contributed by atoms with van der Waals surface area (Å²) in [6.45, 7) is 1.75. The van der Waals surface area contributed by atoms with Gasteiger partial charge >= 0.3 is 0 Å². The van der Waals surface area contributed by atoms with Gasteiger partial charge in [-0.15, -0.1) is 0 Å². The lowest BCUT2D eigenvalue weighted by atomic mass is 10.1. The number of nitrogens with one attached hydrogen (secondary N) is 2. The van der Waals surface area contributed by atoms with Crippen molar-refractivity contribution in [3.8, 4) is 5.75 Å². The number of rotatable bonds is 8. The lowest BCUT2D eigenvalue weighted by Crippen LogP contribution is -2.31. The summed E-state index contributed by atoms with van der Waals surface area (Å²) in [5.41, 5.74) is 4.06. The predicted molar refractivity (Wildman–Crippen MR) is 126 cm³/mol. The average molecular weight is 448 g/mol. The number of nitro groups is 1. The number of non-ortho nitro benzene ring substituents is 1. The molecule has 0 aliphatic carbocycles. The number of hydrazone groups is 1. The Balaban J connectivity index is 1.59. The minimum atomic E-state index is -0.470. The van der Waals surface area contributed by atoms with Crippen LogP contribution in [0.3, 0.4) is 0 Å². The maximum Gasteiger partial charge on any atom is 0.270 e. The second-order valence-electron chi connectivity index (χ2n) is 7.37. The Morgan fingerprint density at radius 2 is 1.82 bits per heavy atom. The van der Waals surface area contributed by atoms with Gasteiger partial charge in [-0.1, -0.05) is 18.2 Å². The molecule has 2 aromatic carbocycles. The Bertz CT molecular complexity index is 1130. The van der Waals surface area contributed by atoms with E-state index < -0.39 is 4.92 Å². The lowest BCUT2D eigenvalue weighted by molar-refractivity contribution is -0.384. The first-order valence-electron chi connectivity index (χ1n) is 10.6. The van der Waals surface area contributed by atoms with E-state index in [1.807, 2.05) is 30.3 Å². The summed E-state index contributed by atoms with van der Waals surface area (Å²) in [5.74, 6) is 1.67. The number of hydrogen-bond donors (Lipinski definition) is 2. The second-order valence-corrected chi connectivity index (χ2v) is 7.37. The fraction of sp³-hybridized carbons (Fsp3) is 0.273. The van der Waals surface area contributed by atoms with Crippen LogP contribution in [0.2, 0.25) is 0 Å². The zero-order valence-corrected chi connectivity index (χ0v) is 18.1. The Hall–Kier alpha value is -4.28. The molecule has 4 rings (SSSR count). The van der Waals surface area contributed by atoms with Gasteiger partial charge in [0.15, 0.2) is 0 Å². The van der Waals surface area contributed by atoms with Gasteiger partial charge in [-0.3, -0.25) is 10.1 Å². The van der Waals surface area contributed by atoms with Crippen molar-refractivity contribution < 1.29 is 9.66 Å². The third-order valence-electron chi connectivity index (χ3n) is 5.08. The van der Waals surface area contributed by atoms with Crippen molar-refractivity contribution in [2.75, 3.05) is 35.8 Å². The molecule has 0 atom stereocenters. The second kappa shape index (κ2) is 10.4. The minimum Gasteiger partial charge on any atom is -0.496 e. The normalized spacial score (nSPS) is 13.7. The van der Waals surface area contributed by atoms with Crippen LogP contribution >= 0.6 is 0 Å². The van der Waals surface area contributed by atoms with Crippen LogP contribution in [0, 0.1) is 10.1 Å². The molecule has 11 heteroatoms. The summed E-state index contributed by atoms with van der Waals surface area (Å²) in [6, 6.07) is 13.9. The van der Waals surface area contributed by atoms with E-state index in [-0.39, 0.29) is 11.6 Å². The van der Waals surface area contributed by atoms with Gasteiger partial charge in [0.1, 0.15) is 5.75 Å². The lowest BCUT2D eigenvalue weighted by Gasteiger charge is -2.26. The van der Waals surface area contributed by atoms with Gasteiger partial charge < -0.3 is 15.0 Å². The molecule has 0 radical (unpaired) electrons. The van der Waals surface area contributed by atoms with E-state index in [0.717, 1.165) is 31.6 Å². The summed E-state index contributed by atoms with van der Waals surface area (Å²) in [7, 11) is 1.49. The summed E-state index contributed by atoms with van der Waals surface area (Å²) in [5, 5.41) is 18.5. The van der Waals surface area contributed by atoms with Crippen LogP contribution in [-0.4, -0.2) is 46.3 Å². The molecule has 33 heavy (non-hydrogen) atoms. The van der Waals surface area contributed by atoms with E-state index in [4.69, 9.17) is 4.74 Å². The molecular weight excluding hydrogens is 424 g/mol. The molecule has 1 fully saturated rings. The number of benzene rings is 2. The number of ether oxygens (including phenoxy) is 1. The highest BCUT2D eigenvalue weighted by molar-refractivity contribution is 5.85. The fourth-order valence-electron chi connectivity index (χ4n) is 3.45. The van der Waals surface area contributed by atoms with Crippen molar-refractivity contribution in [3.63, 3.8) is 0 Å². The standard InChI is InChI=1S/C22H24N8O3/c1-33-19-11-10-18(30(31)32)14-16(19)15-23-28-21-25-20(24-17-8-4-2-5-9-17)26-22(27-21)29-12-6-3-7-13-29/h2,4-5,8-11,14-15H,3,6-7,12-13H2,1H3,(H2,24,25,26,27,28). The number of aromatic nitrogens is 3. The van der Waals surface area contributed by atoms with Crippen molar-refractivity contribution in [3.05, 3.63) is 64.2 Å². The smallest absolute Gasteiger partial charge is 0.270 e. The molecule has 0 bridgehead atoms. The van der Waals surface area contributed by atoms with Crippen LogP contribution in [0.25, 0.3) is 0 Å². The number of piperidine rings is 1. The third kappa shape index (κ3) is 5.70. The molecule has 1 aliphatic rings. The number of nitro benzene ring substituents is 1. The molecule has 1 aromatic heterocycles. The molecular formula is C22H24N8O3. The van der Waals surface area contributed by atoms with E-state index in [2.05, 4.69) is 35.7 Å². The van der Waals surface area contributed by atoms with Gasteiger partial charge in [0.2, 0.25) is 17.8 Å². The molecule has 170 valence electrons.